The van der Waals surface area contributed by atoms with Crippen molar-refractivity contribution in [3.05, 3.63) is 198 Å². The number of furan rings is 2. The van der Waals surface area contributed by atoms with Crippen molar-refractivity contribution >= 4 is 116 Å². The second kappa shape index (κ2) is 15.0. The third-order valence-corrected chi connectivity index (χ3v) is 13.7. The number of hydrogen-bond donors (Lipinski definition) is 0. The molecule has 0 aliphatic rings. The third-order valence-electron chi connectivity index (χ3n) is 13.7. The largest absolute Gasteiger partial charge is 0.454 e. The van der Waals surface area contributed by atoms with E-state index in [2.05, 4.69) is 184 Å². The predicted octanol–water partition coefficient (Wildman–Crippen LogP) is 18.3. The molecule has 2 heterocycles. The first-order chi connectivity index (χ1) is 32.9. The lowest BCUT2D eigenvalue weighted by Gasteiger charge is -2.29. The monoisotopic (exact) mass is 878 g/mol. The average Bonchev–Trinajstić information content (AvgIpc) is 3.93. The van der Waals surface area contributed by atoms with Gasteiger partial charge in [-0.05, 0) is 93.0 Å². The van der Waals surface area contributed by atoms with Gasteiger partial charge in [-0.15, -0.1) is 0 Å². The van der Waals surface area contributed by atoms with Crippen LogP contribution >= 0.6 is 0 Å². The predicted molar refractivity (Wildman–Crippen MR) is 282 cm³/mol. The van der Waals surface area contributed by atoms with Crippen molar-refractivity contribution in [2.24, 2.45) is 0 Å². The molecule has 0 spiro atoms. The number of nitriles is 1. The Morgan fingerprint density at radius 3 is 1.24 bits per heavy atom. The molecule has 6 heteroatoms. The minimum atomic E-state index is -0.129. The number of para-hydroxylation sites is 4. The average molecular weight is 879 g/mol. The molecule has 0 saturated heterocycles. The maximum Gasteiger partial charge on any atom is 0.187 e. The van der Waals surface area contributed by atoms with Gasteiger partial charge < -0.3 is 18.6 Å². The Bertz CT molecular complexity index is 3810. The first kappa shape index (κ1) is 40.9. The summed E-state index contributed by atoms with van der Waals surface area (Å²) in [7, 11) is 0. The van der Waals surface area contributed by atoms with E-state index in [0.717, 1.165) is 121 Å². The summed E-state index contributed by atoms with van der Waals surface area (Å²) < 4.78 is 14.1. The summed E-state index contributed by atoms with van der Waals surface area (Å²) in [5.41, 5.74) is 12.2. The number of nitrogens with zero attached hydrogens (tertiary/aromatic N) is 4. The molecule has 0 bridgehead atoms. The highest BCUT2D eigenvalue weighted by Gasteiger charge is 2.28. The molecule has 0 amide bonds. The lowest BCUT2D eigenvalue weighted by molar-refractivity contribution is 0.572. The van der Waals surface area contributed by atoms with Crippen LogP contribution < -0.4 is 9.80 Å². The van der Waals surface area contributed by atoms with E-state index in [1.165, 1.54) is 0 Å². The molecule has 326 valence electrons. The Hall–Kier alpha value is -8.58. The van der Waals surface area contributed by atoms with Crippen molar-refractivity contribution in [1.29, 1.82) is 5.26 Å². The summed E-state index contributed by atoms with van der Waals surface area (Å²) in [5, 5.41) is 20.8. The van der Waals surface area contributed by atoms with Crippen LogP contribution in [0.25, 0.3) is 81.0 Å². The van der Waals surface area contributed by atoms with Crippen LogP contribution in [0.2, 0.25) is 0 Å². The summed E-state index contributed by atoms with van der Waals surface area (Å²) in [6.07, 6.45) is 0. The SMILES string of the molecule is [C-]#[N+]c1ccc(N(c2ccc3ccc4c(N(c5ccc(C#N)cc5)c5cccc6c5oc5c(C(C)(C)C)cccc56)ccc5ccc2c3c54)c2cccc3c2oc2c(C(C)(C)C)cccc23)cc1. The molecule has 0 N–H and O–H groups in total. The van der Waals surface area contributed by atoms with Gasteiger partial charge in [0.25, 0.3) is 0 Å². The zero-order valence-electron chi connectivity index (χ0n) is 38.8. The molecule has 0 atom stereocenters. The molecule has 0 saturated carbocycles. The topological polar surface area (TPSA) is 60.9 Å². The summed E-state index contributed by atoms with van der Waals surface area (Å²) in [5.74, 6) is 0. The van der Waals surface area contributed by atoms with Gasteiger partial charge in [0.15, 0.2) is 16.9 Å². The first-order valence-electron chi connectivity index (χ1n) is 23.1. The molecule has 68 heavy (non-hydrogen) atoms. The maximum absolute atomic E-state index is 9.87. The van der Waals surface area contributed by atoms with Gasteiger partial charge in [-0.3, -0.25) is 0 Å². The molecule has 0 unspecified atom stereocenters. The summed E-state index contributed by atoms with van der Waals surface area (Å²) >= 11 is 0. The Morgan fingerprint density at radius 2 is 0.824 bits per heavy atom. The Morgan fingerprint density at radius 1 is 0.426 bits per heavy atom. The van der Waals surface area contributed by atoms with Gasteiger partial charge >= 0.3 is 0 Å². The highest BCUT2D eigenvalue weighted by atomic mass is 16.3. The molecular weight excluding hydrogens is 833 g/mol. The molecule has 0 aliphatic heterocycles. The van der Waals surface area contributed by atoms with E-state index < -0.39 is 0 Å². The molecular formula is C62H46N4O2. The minimum absolute atomic E-state index is 0.127. The van der Waals surface area contributed by atoms with Crippen molar-refractivity contribution in [3.8, 4) is 6.07 Å². The molecule has 2 aromatic heterocycles. The molecule has 12 aromatic rings. The molecule has 6 nitrogen and oxygen atoms in total. The number of anilines is 6. The van der Waals surface area contributed by atoms with Crippen molar-refractivity contribution in [2.45, 2.75) is 52.4 Å². The van der Waals surface area contributed by atoms with Crippen LogP contribution in [0, 0.1) is 17.9 Å². The van der Waals surface area contributed by atoms with Crippen molar-refractivity contribution in [3.63, 3.8) is 0 Å². The summed E-state index contributed by atoms with van der Waals surface area (Å²) in [6, 6.07) is 61.5. The molecule has 12 rings (SSSR count). The van der Waals surface area contributed by atoms with Gasteiger partial charge in [-0.25, -0.2) is 4.85 Å². The van der Waals surface area contributed by atoms with Gasteiger partial charge in [0.2, 0.25) is 0 Å². The highest BCUT2D eigenvalue weighted by Crippen LogP contribution is 2.51. The lowest BCUT2D eigenvalue weighted by Crippen LogP contribution is -2.12. The van der Waals surface area contributed by atoms with Crippen LogP contribution in [0.5, 0.6) is 0 Å². The first-order valence-corrected chi connectivity index (χ1v) is 23.1. The maximum atomic E-state index is 9.87. The van der Waals surface area contributed by atoms with Crippen LogP contribution in [-0.2, 0) is 10.8 Å². The number of benzene rings is 10. The normalized spacial score (nSPS) is 12.2. The standard InChI is InChI=1S/C62H46N4O2/c1-61(2,3)49-16-8-12-43-45-14-10-18-53(59(45)67-57(43)49)65(41-28-20-37(36-63)21-29-41)51-34-24-38-23-33-48-52(35-25-39-22-32-47(51)55(38)56(39)48)66(42-30-26-40(64-7)27-31-42)54-19-11-15-46-44-13-9-17-50(62(4,5)6)58(44)68-60(46)54/h8-35H,1-6H3. The summed E-state index contributed by atoms with van der Waals surface area (Å²) in [4.78, 5) is 8.32. The van der Waals surface area contributed by atoms with Crippen molar-refractivity contribution in [1.82, 2.24) is 0 Å². The molecule has 0 aliphatic carbocycles. The van der Waals surface area contributed by atoms with E-state index >= 15 is 0 Å². The van der Waals surface area contributed by atoms with E-state index in [0.29, 0.717) is 11.3 Å². The summed E-state index contributed by atoms with van der Waals surface area (Å²) in [6.45, 7) is 21.1. The fourth-order valence-corrected chi connectivity index (χ4v) is 10.5. The van der Waals surface area contributed by atoms with Crippen LogP contribution in [0.3, 0.4) is 0 Å². The Kier molecular flexibility index (Phi) is 9.00. The van der Waals surface area contributed by atoms with Gasteiger partial charge in [-0.2, -0.15) is 5.26 Å². The fourth-order valence-electron chi connectivity index (χ4n) is 10.5. The van der Waals surface area contributed by atoms with Gasteiger partial charge in [0.05, 0.1) is 41.0 Å². The Labute approximate surface area is 394 Å². The van der Waals surface area contributed by atoms with Gasteiger partial charge in [0.1, 0.15) is 11.2 Å². The van der Waals surface area contributed by atoms with E-state index in [-0.39, 0.29) is 10.8 Å². The van der Waals surface area contributed by atoms with Crippen molar-refractivity contribution in [2.75, 3.05) is 9.80 Å². The Balaban J connectivity index is 1.12. The van der Waals surface area contributed by atoms with Crippen LogP contribution in [0.15, 0.2) is 179 Å². The lowest BCUT2D eigenvalue weighted by atomic mass is 9.86. The minimum Gasteiger partial charge on any atom is -0.454 e. The van der Waals surface area contributed by atoms with Crippen LogP contribution in [0.1, 0.15) is 58.2 Å². The van der Waals surface area contributed by atoms with Crippen molar-refractivity contribution < 1.29 is 8.83 Å². The molecule has 0 radical (unpaired) electrons. The van der Waals surface area contributed by atoms with Gasteiger partial charge in [-0.1, -0.05) is 151 Å². The van der Waals surface area contributed by atoms with E-state index in [1.54, 1.807) is 0 Å². The third kappa shape index (κ3) is 6.22. The van der Waals surface area contributed by atoms with E-state index in [1.807, 2.05) is 48.5 Å². The number of hydrogen-bond acceptors (Lipinski definition) is 5. The van der Waals surface area contributed by atoms with E-state index in [9.17, 15) is 5.26 Å². The molecule has 0 fully saturated rings. The van der Waals surface area contributed by atoms with E-state index in [4.69, 9.17) is 15.4 Å². The number of fused-ring (bicyclic) bond motifs is 6. The molecule has 10 aromatic carbocycles. The fraction of sp³-hybridized carbons (Fsp3) is 0.129. The second-order valence-corrected chi connectivity index (χ2v) is 19.9. The number of rotatable bonds is 6. The van der Waals surface area contributed by atoms with Gasteiger partial charge in [0, 0.05) is 54.8 Å². The zero-order chi connectivity index (χ0) is 46.6. The van der Waals surface area contributed by atoms with Crippen LogP contribution in [-0.4, -0.2) is 0 Å². The smallest absolute Gasteiger partial charge is 0.187 e. The highest BCUT2D eigenvalue weighted by molar-refractivity contribution is 6.29. The quantitative estimate of drug-likeness (QED) is 0.123. The van der Waals surface area contributed by atoms with Crippen LogP contribution in [0.4, 0.5) is 39.8 Å². The zero-order valence-corrected chi connectivity index (χ0v) is 38.8. The second-order valence-electron chi connectivity index (χ2n) is 19.9.